The number of nitrogens with zero attached hydrogens (tertiary/aromatic N) is 1. The molecule has 0 saturated heterocycles. The van der Waals surface area contributed by atoms with Crippen LogP contribution >= 0.6 is 39.1 Å². The molecule has 0 aliphatic carbocycles. The van der Waals surface area contributed by atoms with Crippen LogP contribution in [0.2, 0.25) is 10.2 Å². The van der Waals surface area contributed by atoms with Gasteiger partial charge in [-0.3, -0.25) is 4.79 Å². The molecular weight excluding hydrogens is 377 g/mol. The Kier molecular flexibility index (Phi) is 5.62. The van der Waals surface area contributed by atoms with Crippen LogP contribution in [0.5, 0.6) is 0 Å². The highest BCUT2D eigenvalue weighted by molar-refractivity contribution is 9.10. The molecule has 3 nitrogen and oxygen atoms in total. The third-order valence-corrected chi connectivity index (χ3v) is 4.13. The minimum absolute atomic E-state index is 0.294. The Hall–Kier alpha value is -1.10. The molecule has 0 radical (unpaired) electrons. The minimum Gasteiger partial charge on any atom is -0.481 e. The molecule has 0 spiro atoms. The van der Waals surface area contributed by atoms with E-state index < -0.39 is 11.9 Å². The number of rotatable bonds is 5. The van der Waals surface area contributed by atoms with E-state index in [-0.39, 0.29) is 0 Å². The van der Waals surface area contributed by atoms with E-state index in [1.807, 2.05) is 24.3 Å². The molecule has 1 unspecified atom stereocenters. The van der Waals surface area contributed by atoms with Gasteiger partial charge in [-0.1, -0.05) is 51.3 Å². The maximum atomic E-state index is 11.5. The summed E-state index contributed by atoms with van der Waals surface area (Å²) in [5.41, 5.74) is 1.64. The molecule has 1 aromatic heterocycles. The van der Waals surface area contributed by atoms with Crippen LogP contribution in [0.1, 0.15) is 11.1 Å². The monoisotopic (exact) mass is 387 g/mol. The molecule has 0 amide bonds. The second kappa shape index (κ2) is 7.25. The van der Waals surface area contributed by atoms with Crippen molar-refractivity contribution in [3.05, 3.63) is 62.3 Å². The van der Waals surface area contributed by atoms with Crippen molar-refractivity contribution >= 4 is 45.1 Å². The molecule has 6 heteroatoms. The van der Waals surface area contributed by atoms with E-state index >= 15 is 0 Å². The van der Waals surface area contributed by atoms with Gasteiger partial charge in [0, 0.05) is 15.7 Å². The summed E-state index contributed by atoms with van der Waals surface area (Å²) in [6.45, 7) is 0. The lowest BCUT2D eigenvalue weighted by Crippen LogP contribution is -2.19. The SMILES string of the molecule is O=C(O)C(Cc1cccc(Br)c1)Cc1cnc(Cl)cc1Cl. The second-order valence-corrected chi connectivity index (χ2v) is 6.38. The molecule has 1 heterocycles. The molecule has 2 aromatic rings. The molecule has 0 bridgehead atoms. The van der Waals surface area contributed by atoms with E-state index in [2.05, 4.69) is 20.9 Å². The van der Waals surface area contributed by atoms with Crippen molar-refractivity contribution in [3.63, 3.8) is 0 Å². The molecule has 1 N–H and O–H groups in total. The number of carbonyl (C=O) groups is 1. The number of hydrogen-bond donors (Lipinski definition) is 1. The van der Waals surface area contributed by atoms with E-state index in [1.54, 1.807) is 0 Å². The van der Waals surface area contributed by atoms with Gasteiger partial charge in [0.15, 0.2) is 0 Å². The van der Waals surface area contributed by atoms with Gasteiger partial charge in [-0.25, -0.2) is 4.98 Å². The number of aromatic nitrogens is 1. The number of hydrogen-bond acceptors (Lipinski definition) is 2. The quantitative estimate of drug-likeness (QED) is 0.759. The number of carboxylic acids is 1. The summed E-state index contributed by atoms with van der Waals surface area (Å²) in [4.78, 5) is 15.4. The summed E-state index contributed by atoms with van der Waals surface area (Å²) in [5.74, 6) is -1.43. The Morgan fingerprint density at radius 2 is 2.05 bits per heavy atom. The van der Waals surface area contributed by atoms with Gasteiger partial charge >= 0.3 is 5.97 Å². The number of aliphatic carboxylic acids is 1. The van der Waals surface area contributed by atoms with Gasteiger partial charge < -0.3 is 5.11 Å². The van der Waals surface area contributed by atoms with Crippen molar-refractivity contribution in [2.75, 3.05) is 0 Å². The predicted octanol–water partition coefficient (Wildman–Crippen LogP) is 4.64. The number of pyridine rings is 1. The van der Waals surface area contributed by atoms with E-state index in [9.17, 15) is 9.90 Å². The van der Waals surface area contributed by atoms with Gasteiger partial charge in [0.1, 0.15) is 5.15 Å². The van der Waals surface area contributed by atoms with E-state index in [4.69, 9.17) is 23.2 Å². The Bertz CT molecular complexity index is 664. The number of benzene rings is 1. The smallest absolute Gasteiger partial charge is 0.307 e. The minimum atomic E-state index is -0.860. The summed E-state index contributed by atoms with van der Waals surface area (Å²) in [5, 5.41) is 10.1. The lowest BCUT2D eigenvalue weighted by Gasteiger charge is -2.13. The summed E-state index contributed by atoms with van der Waals surface area (Å²) in [7, 11) is 0. The van der Waals surface area contributed by atoms with Crippen molar-refractivity contribution in [3.8, 4) is 0 Å². The maximum Gasteiger partial charge on any atom is 0.307 e. The standard InChI is InChI=1S/C15H12BrCl2NO2/c16-12-3-1-2-9(5-12)4-10(15(20)21)6-11-8-19-14(18)7-13(11)17/h1-3,5,7-8,10H,4,6H2,(H,20,21). The molecular formula is C15H12BrCl2NO2. The number of halogens is 3. The molecule has 1 atom stereocenters. The highest BCUT2D eigenvalue weighted by atomic mass is 79.9. The van der Waals surface area contributed by atoms with Crippen molar-refractivity contribution in [2.24, 2.45) is 5.92 Å². The third-order valence-electron chi connectivity index (χ3n) is 3.08. The molecule has 0 aliphatic heterocycles. The summed E-state index contributed by atoms with van der Waals surface area (Å²) in [6.07, 6.45) is 2.26. The second-order valence-electron chi connectivity index (χ2n) is 4.67. The average molecular weight is 389 g/mol. The molecule has 21 heavy (non-hydrogen) atoms. The van der Waals surface area contributed by atoms with Crippen LogP contribution in [-0.2, 0) is 17.6 Å². The Labute approximate surface area is 141 Å². The van der Waals surface area contributed by atoms with Crippen molar-refractivity contribution in [1.82, 2.24) is 4.98 Å². The zero-order valence-corrected chi connectivity index (χ0v) is 14.0. The fourth-order valence-corrected chi connectivity index (χ4v) is 2.94. The van der Waals surface area contributed by atoms with Gasteiger partial charge in [-0.05, 0) is 42.2 Å². The molecule has 0 aliphatic rings. The van der Waals surface area contributed by atoms with Crippen molar-refractivity contribution in [2.45, 2.75) is 12.8 Å². The normalized spacial score (nSPS) is 12.1. The average Bonchev–Trinajstić information content (AvgIpc) is 2.40. The van der Waals surface area contributed by atoms with Crippen LogP contribution in [0, 0.1) is 5.92 Å². The van der Waals surface area contributed by atoms with Crippen LogP contribution < -0.4 is 0 Å². The van der Waals surface area contributed by atoms with Gasteiger partial charge in [0.25, 0.3) is 0 Å². The maximum absolute atomic E-state index is 11.5. The molecule has 110 valence electrons. The topological polar surface area (TPSA) is 50.2 Å². The Morgan fingerprint density at radius 3 is 2.67 bits per heavy atom. The summed E-state index contributed by atoms with van der Waals surface area (Å²) >= 11 is 15.2. The predicted molar refractivity (Wildman–Crippen MR) is 86.9 cm³/mol. The molecule has 0 fully saturated rings. The van der Waals surface area contributed by atoms with Crippen LogP contribution in [0.15, 0.2) is 41.0 Å². The Balaban J connectivity index is 2.18. The summed E-state index contributed by atoms with van der Waals surface area (Å²) < 4.78 is 0.926. The fraction of sp³-hybridized carbons (Fsp3) is 0.200. The van der Waals surface area contributed by atoms with E-state index in [1.165, 1.54) is 12.3 Å². The Morgan fingerprint density at radius 1 is 1.29 bits per heavy atom. The van der Waals surface area contributed by atoms with Crippen molar-refractivity contribution < 1.29 is 9.90 Å². The lowest BCUT2D eigenvalue weighted by atomic mass is 9.93. The van der Waals surface area contributed by atoms with Crippen molar-refractivity contribution in [1.29, 1.82) is 0 Å². The third kappa shape index (κ3) is 4.70. The van der Waals surface area contributed by atoms with Gasteiger partial charge in [0.05, 0.1) is 5.92 Å². The highest BCUT2D eigenvalue weighted by Gasteiger charge is 2.20. The number of carboxylic acid groups (broad SMARTS) is 1. The van der Waals surface area contributed by atoms with Crippen LogP contribution in [0.25, 0.3) is 0 Å². The first-order valence-corrected chi connectivity index (χ1v) is 7.78. The van der Waals surface area contributed by atoms with E-state index in [0.717, 1.165) is 10.0 Å². The van der Waals surface area contributed by atoms with Gasteiger partial charge in [0.2, 0.25) is 0 Å². The zero-order chi connectivity index (χ0) is 15.4. The highest BCUT2D eigenvalue weighted by Crippen LogP contribution is 2.24. The first-order chi connectivity index (χ1) is 9.95. The fourth-order valence-electron chi connectivity index (χ4n) is 2.05. The summed E-state index contributed by atoms with van der Waals surface area (Å²) in [6, 6.07) is 9.13. The lowest BCUT2D eigenvalue weighted by molar-refractivity contribution is -0.141. The van der Waals surface area contributed by atoms with Gasteiger partial charge in [-0.15, -0.1) is 0 Å². The molecule has 2 rings (SSSR count). The molecule has 0 saturated carbocycles. The van der Waals surface area contributed by atoms with Gasteiger partial charge in [-0.2, -0.15) is 0 Å². The first-order valence-electron chi connectivity index (χ1n) is 6.23. The van der Waals surface area contributed by atoms with Crippen LogP contribution in [0.4, 0.5) is 0 Å². The molecule has 1 aromatic carbocycles. The van der Waals surface area contributed by atoms with Crippen LogP contribution in [0.3, 0.4) is 0 Å². The van der Waals surface area contributed by atoms with E-state index in [0.29, 0.717) is 28.6 Å². The zero-order valence-electron chi connectivity index (χ0n) is 10.9. The largest absolute Gasteiger partial charge is 0.481 e. The van der Waals surface area contributed by atoms with Crippen LogP contribution in [-0.4, -0.2) is 16.1 Å². The first kappa shape index (κ1) is 16.3.